The van der Waals surface area contributed by atoms with Gasteiger partial charge in [-0.2, -0.15) is 0 Å². The molecule has 0 fully saturated rings. The van der Waals surface area contributed by atoms with Gasteiger partial charge in [-0.25, -0.2) is 13.1 Å². The molecule has 0 aliphatic carbocycles. The lowest BCUT2D eigenvalue weighted by atomic mass is 10.1. The Hall–Kier alpha value is -0.910. The van der Waals surface area contributed by atoms with Gasteiger partial charge in [0.1, 0.15) is 0 Å². The second-order valence-corrected chi connectivity index (χ2v) is 6.71. The SMILES string of the molecule is CC(C)CCNS(=O)(=O)c1cccc(C(C)N)c1. The molecular weight excluding hydrogens is 248 g/mol. The number of sulfonamides is 1. The Bertz CT molecular complexity index is 482. The Kier molecular flexibility index (Phi) is 5.31. The molecule has 0 amide bonds. The van der Waals surface area contributed by atoms with Crippen LogP contribution in [0.5, 0.6) is 0 Å². The van der Waals surface area contributed by atoms with Crippen molar-refractivity contribution in [2.24, 2.45) is 11.7 Å². The molecule has 1 unspecified atom stereocenters. The Morgan fingerprint density at radius 3 is 2.50 bits per heavy atom. The third-order valence-corrected chi connectivity index (χ3v) is 4.17. The van der Waals surface area contributed by atoms with Crippen LogP contribution in [0.3, 0.4) is 0 Å². The van der Waals surface area contributed by atoms with Crippen LogP contribution >= 0.6 is 0 Å². The van der Waals surface area contributed by atoms with Crippen LogP contribution < -0.4 is 10.5 Å². The van der Waals surface area contributed by atoms with E-state index in [1.54, 1.807) is 18.2 Å². The highest BCUT2D eigenvalue weighted by Crippen LogP contribution is 2.15. The van der Waals surface area contributed by atoms with Crippen LogP contribution in [0.1, 0.15) is 38.8 Å². The van der Waals surface area contributed by atoms with E-state index in [9.17, 15) is 8.42 Å². The van der Waals surface area contributed by atoms with Crippen molar-refractivity contribution in [3.63, 3.8) is 0 Å². The van der Waals surface area contributed by atoms with Crippen molar-refractivity contribution in [3.05, 3.63) is 29.8 Å². The Labute approximate surface area is 110 Å². The monoisotopic (exact) mass is 270 g/mol. The lowest BCUT2D eigenvalue weighted by molar-refractivity contribution is 0.551. The lowest BCUT2D eigenvalue weighted by Gasteiger charge is -2.11. The fraction of sp³-hybridized carbons (Fsp3) is 0.538. The van der Waals surface area contributed by atoms with Crippen molar-refractivity contribution in [2.45, 2.75) is 38.1 Å². The number of rotatable bonds is 6. The van der Waals surface area contributed by atoms with E-state index < -0.39 is 10.0 Å². The Morgan fingerprint density at radius 1 is 1.28 bits per heavy atom. The maximum Gasteiger partial charge on any atom is 0.240 e. The summed E-state index contributed by atoms with van der Waals surface area (Å²) in [5.41, 5.74) is 6.57. The van der Waals surface area contributed by atoms with Gasteiger partial charge in [0.15, 0.2) is 0 Å². The third kappa shape index (κ3) is 4.40. The summed E-state index contributed by atoms with van der Waals surface area (Å²) in [6.45, 7) is 6.41. The van der Waals surface area contributed by atoms with Crippen LogP contribution in [0, 0.1) is 5.92 Å². The highest BCUT2D eigenvalue weighted by atomic mass is 32.2. The molecule has 0 heterocycles. The minimum atomic E-state index is -3.42. The van der Waals surface area contributed by atoms with Gasteiger partial charge in [-0.05, 0) is 37.0 Å². The zero-order valence-electron chi connectivity index (χ0n) is 11.2. The van der Waals surface area contributed by atoms with Gasteiger partial charge < -0.3 is 5.73 Å². The molecule has 3 N–H and O–H groups in total. The minimum Gasteiger partial charge on any atom is -0.324 e. The summed E-state index contributed by atoms with van der Waals surface area (Å²) < 4.78 is 26.7. The zero-order valence-corrected chi connectivity index (χ0v) is 12.0. The molecule has 0 radical (unpaired) electrons. The molecule has 1 aromatic carbocycles. The summed E-state index contributed by atoms with van der Waals surface area (Å²) in [5, 5.41) is 0. The second-order valence-electron chi connectivity index (χ2n) is 4.94. The maximum absolute atomic E-state index is 12.0. The summed E-state index contributed by atoms with van der Waals surface area (Å²) in [6, 6.07) is 6.59. The van der Waals surface area contributed by atoms with Crippen LogP contribution in [0.25, 0.3) is 0 Å². The van der Waals surface area contributed by atoms with E-state index in [2.05, 4.69) is 18.6 Å². The van der Waals surface area contributed by atoms with Crippen LogP contribution in [0.2, 0.25) is 0 Å². The van der Waals surface area contributed by atoms with E-state index in [-0.39, 0.29) is 10.9 Å². The van der Waals surface area contributed by atoms with E-state index in [1.165, 1.54) is 0 Å². The van der Waals surface area contributed by atoms with Crippen molar-refractivity contribution >= 4 is 10.0 Å². The highest BCUT2D eigenvalue weighted by Gasteiger charge is 2.14. The number of hydrogen-bond donors (Lipinski definition) is 2. The Balaban J connectivity index is 2.81. The van der Waals surface area contributed by atoms with Crippen molar-refractivity contribution < 1.29 is 8.42 Å². The van der Waals surface area contributed by atoms with E-state index in [1.807, 2.05) is 13.0 Å². The molecule has 0 bridgehead atoms. The van der Waals surface area contributed by atoms with Crippen molar-refractivity contribution in [1.29, 1.82) is 0 Å². The molecule has 0 aliphatic heterocycles. The minimum absolute atomic E-state index is 0.171. The molecule has 5 heteroatoms. The van der Waals surface area contributed by atoms with Gasteiger partial charge in [-0.1, -0.05) is 26.0 Å². The normalized spacial score (nSPS) is 13.8. The Morgan fingerprint density at radius 2 is 1.94 bits per heavy atom. The van der Waals surface area contributed by atoms with E-state index >= 15 is 0 Å². The van der Waals surface area contributed by atoms with Gasteiger partial charge in [0.2, 0.25) is 10.0 Å². The highest BCUT2D eigenvalue weighted by molar-refractivity contribution is 7.89. The van der Waals surface area contributed by atoms with Crippen molar-refractivity contribution in [2.75, 3.05) is 6.54 Å². The number of nitrogens with two attached hydrogens (primary N) is 1. The quantitative estimate of drug-likeness (QED) is 0.830. The molecule has 0 spiro atoms. The predicted octanol–water partition coefficient (Wildman–Crippen LogP) is 2.03. The van der Waals surface area contributed by atoms with Crippen LogP contribution in [-0.4, -0.2) is 15.0 Å². The molecule has 0 aliphatic rings. The molecule has 0 saturated carbocycles. The lowest BCUT2D eigenvalue weighted by Crippen LogP contribution is -2.25. The molecule has 18 heavy (non-hydrogen) atoms. The van der Waals surface area contributed by atoms with E-state index in [4.69, 9.17) is 5.73 Å². The van der Waals surface area contributed by atoms with Gasteiger partial charge in [-0.3, -0.25) is 0 Å². The average molecular weight is 270 g/mol. The molecule has 1 rings (SSSR count). The fourth-order valence-corrected chi connectivity index (χ4v) is 2.63. The first-order valence-electron chi connectivity index (χ1n) is 6.18. The first-order chi connectivity index (χ1) is 8.33. The first kappa shape index (κ1) is 15.1. The zero-order chi connectivity index (χ0) is 13.8. The van der Waals surface area contributed by atoms with Gasteiger partial charge in [0.05, 0.1) is 4.90 Å². The number of hydrogen-bond acceptors (Lipinski definition) is 3. The third-order valence-electron chi connectivity index (χ3n) is 2.71. The van der Waals surface area contributed by atoms with Gasteiger partial charge >= 0.3 is 0 Å². The molecular formula is C13H22N2O2S. The molecule has 0 aromatic heterocycles. The van der Waals surface area contributed by atoms with E-state index in [0.717, 1.165) is 12.0 Å². The van der Waals surface area contributed by atoms with Crippen LogP contribution in [-0.2, 0) is 10.0 Å². The predicted molar refractivity (Wildman–Crippen MR) is 73.7 cm³/mol. The number of nitrogens with one attached hydrogen (secondary N) is 1. The first-order valence-corrected chi connectivity index (χ1v) is 7.66. The fourth-order valence-electron chi connectivity index (χ4n) is 1.53. The summed E-state index contributed by atoms with van der Waals surface area (Å²) in [6.07, 6.45) is 0.826. The molecule has 0 saturated heterocycles. The van der Waals surface area contributed by atoms with Crippen LogP contribution in [0.15, 0.2) is 29.2 Å². The molecule has 4 nitrogen and oxygen atoms in total. The van der Waals surface area contributed by atoms with Gasteiger partial charge in [0, 0.05) is 12.6 Å². The standard InChI is InChI=1S/C13H22N2O2S/c1-10(2)7-8-15-18(16,17)13-6-4-5-12(9-13)11(3)14/h4-6,9-11,15H,7-8,14H2,1-3H3. The number of benzene rings is 1. The van der Waals surface area contributed by atoms with Gasteiger partial charge in [0.25, 0.3) is 0 Å². The summed E-state index contributed by atoms with van der Waals surface area (Å²) in [5.74, 6) is 0.475. The average Bonchev–Trinajstić information content (AvgIpc) is 2.28. The smallest absolute Gasteiger partial charge is 0.240 e. The van der Waals surface area contributed by atoms with Crippen molar-refractivity contribution in [1.82, 2.24) is 4.72 Å². The molecule has 1 aromatic rings. The molecule has 102 valence electrons. The summed E-state index contributed by atoms with van der Waals surface area (Å²) in [4.78, 5) is 0.279. The topological polar surface area (TPSA) is 72.2 Å². The summed E-state index contributed by atoms with van der Waals surface area (Å²) >= 11 is 0. The van der Waals surface area contributed by atoms with Crippen LogP contribution in [0.4, 0.5) is 0 Å². The summed E-state index contributed by atoms with van der Waals surface area (Å²) in [7, 11) is -3.42. The van der Waals surface area contributed by atoms with Crippen molar-refractivity contribution in [3.8, 4) is 0 Å². The maximum atomic E-state index is 12.0. The second kappa shape index (κ2) is 6.31. The largest absolute Gasteiger partial charge is 0.324 e. The molecule has 1 atom stereocenters. The van der Waals surface area contributed by atoms with Gasteiger partial charge in [-0.15, -0.1) is 0 Å². The van der Waals surface area contributed by atoms with E-state index in [0.29, 0.717) is 12.5 Å².